The van der Waals surface area contributed by atoms with Crippen molar-refractivity contribution in [2.45, 2.75) is 18.9 Å². The third kappa shape index (κ3) is 5.03. The van der Waals surface area contributed by atoms with Gasteiger partial charge in [0, 0.05) is 56.9 Å². The Labute approximate surface area is 218 Å². The molecule has 0 radical (unpaired) electrons. The highest BCUT2D eigenvalue weighted by atomic mass is 32.2. The molecule has 13 heteroatoms. The smallest absolute Gasteiger partial charge is 0.320 e. The zero-order valence-corrected chi connectivity index (χ0v) is 21.2. The number of primary amides is 1. The Bertz CT molecular complexity index is 1240. The van der Waals surface area contributed by atoms with Crippen LogP contribution in [0.2, 0.25) is 0 Å². The Balaban J connectivity index is 1.34. The highest BCUT2D eigenvalue weighted by Crippen LogP contribution is 2.28. The molecule has 4 amide bonds. The molecule has 0 spiro atoms. The predicted octanol–water partition coefficient (Wildman–Crippen LogP) is 1.26. The average molecular weight is 525 g/mol. The van der Waals surface area contributed by atoms with Gasteiger partial charge in [-0.2, -0.15) is 0 Å². The molecule has 3 aliphatic heterocycles. The van der Waals surface area contributed by atoms with Crippen LogP contribution in [0.1, 0.15) is 23.3 Å². The summed E-state index contributed by atoms with van der Waals surface area (Å²) in [4.78, 5) is 64.6. The highest BCUT2D eigenvalue weighted by Gasteiger charge is 2.35. The Kier molecular flexibility index (Phi) is 6.87. The zero-order valence-electron chi connectivity index (χ0n) is 20.4. The van der Waals surface area contributed by atoms with Gasteiger partial charge in [-0.1, -0.05) is 11.8 Å². The number of piperidine rings is 1. The van der Waals surface area contributed by atoms with E-state index >= 15 is 0 Å². The number of carbonyl (C=O) groups is 4. The molecule has 1 aromatic carbocycles. The summed E-state index contributed by atoms with van der Waals surface area (Å²) in [6.45, 7) is 3.26. The van der Waals surface area contributed by atoms with Crippen LogP contribution >= 0.6 is 11.8 Å². The first kappa shape index (κ1) is 24.8. The molecule has 3 aliphatic rings. The first-order valence-corrected chi connectivity index (χ1v) is 13.1. The summed E-state index contributed by atoms with van der Waals surface area (Å²) in [5.74, 6) is 0.111. The van der Waals surface area contributed by atoms with E-state index in [1.807, 2.05) is 11.9 Å². The molecule has 0 saturated carbocycles. The van der Waals surface area contributed by atoms with E-state index in [0.717, 1.165) is 37.7 Å². The summed E-state index contributed by atoms with van der Waals surface area (Å²) < 4.78 is 0. The van der Waals surface area contributed by atoms with E-state index in [-0.39, 0.29) is 23.6 Å². The number of likely N-dealkylation sites (N-methyl/N-ethyl adjacent to an activating group) is 1. The van der Waals surface area contributed by atoms with Crippen molar-refractivity contribution in [3.8, 4) is 0 Å². The number of amides is 4. The van der Waals surface area contributed by atoms with Crippen molar-refractivity contribution >= 4 is 57.7 Å². The van der Waals surface area contributed by atoms with Gasteiger partial charge in [0.05, 0.1) is 12.2 Å². The molecule has 1 aromatic heterocycles. The largest absolute Gasteiger partial charge is 0.364 e. The molecule has 0 aliphatic carbocycles. The molecule has 37 heavy (non-hydrogen) atoms. The zero-order chi connectivity index (χ0) is 26.1. The molecule has 12 nitrogen and oxygen atoms in total. The maximum absolute atomic E-state index is 12.5. The third-order valence-electron chi connectivity index (χ3n) is 6.81. The van der Waals surface area contributed by atoms with Gasteiger partial charge in [-0.15, -0.1) is 0 Å². The number of thioether (sulfide) groups is 1. The standard InChI is InChI=1S/C24H28N8O4S/c1-29-9-10-32(24(29)36)17-3-2-8-30(14-17)18-13-26-19(20(25)33)21(28-18)27-15-4-6-16(7-5-15)31-11-12-37-23(35)22(31)34/h4-7,13,17H,2-3,8-12,14H2,1H3,(H2,25,33)(H,27,28)/t17-/m1/s1. The summed E-state index contributed by atoms with van der Waals surface area (Å²) in [7, 11) is 1.81. The van der Waals surface area contributed by atoms with Crippen LogP contribution in [0.4, 0.5) is 27.8 Å². The van der Waals surface area contributed by atoms with E-state index in [1.165, 1.54) is 11.1 Å². The van der Waals surface area contributed by atoms with Gasteiger partial charge in [0.25, 0.3) is 11.0 Å². The summed E-state index contributed by atoms with van der Waals surface area (Å²) >= 11 is 1.03. The van der Waals surface area contributed by atoms with Crippen LogP contribution in [0, 0.1) is 0 Å². The van der Waals surface area contributed by atoms with Gasteiger partial charge < -0.3 is 30.7 Å². The van der Waals surface area contributed by atoms with Crippen LogP contribution in [0.15, 0.2) is 30.5 Å². The molecule has 0 bridgehead atoms. The first-order chi connectivity index (χ1) is 17.8. The fourth-order valence-electron chi connectivity index (χ4n) is 4.83. The van der Waals surface area contributed by atoms with Crippen molar-refractivity contribution in [2.24, 2.45) is 5.73 Å². The predicted molar refractivity (Wildman–Crippen MR) is 140 cm³/mol. The Morgan fingerprint density at radius 2 is 1.89 bits per heavy atom. The minimum Gasteiger partial charge on any atom is -0.364 e. The van der Waals surface area contributed by atoms with Crippen molar-refractivity contribution in [2.75, 3.05) is 60.6 Å². The summed E-state index contributed by atoms with van der Waals surface area (Å²) in [6.07, 6.45) is 3.35. The Morgan fingerprint density at radius 3 is 2.59 bits per heavy atom. The van der Waals surface area contributed by atoms with E-state index in [9.17, 15) is 19.2 Å². The van der Waals surface area contributed by atoms with E-state index in [0.29, 0.717) is 42.6 Å². The quantitative estimate of drug-likeness (QED) is 0.534. The number of carbonyl (C=O) groups excluding carboxylic acids is 4. The number of hydrogen-bond donors (Lipinski definition) is 2. The molecule has 0 unspecified atom stereocenters. The number of rotatable bonds is 6. The van der Waals surface area contributed by atoms with E-state index in [4.69, 9.17) is 5.73 Å². The first-order valence-electron chi connectivity index (χ1n) is 12.1. The lowest BCUT2D eigenvalue weighted by Gasteiger charge is -2.37. The number of anilines is 4. The monoisotopic (exact) mass is 524 g/mol. The van der Waals surface area contributed by atoms with Crippen LogP contribution in [0.3, 0.4) is 0 Å². The van der Waals surface area contributed by atoms with Crippen molar-refractivity contribution in [3.05, 3.63) is 36.2 Å². The van der Waals surface area contributed by atoms with Crippen LogP contribution in [0.5, 0.6) is 0 Å². The fourth-order valence-corrected chi connectivity index (χ4v) is 5.53. The number of nitrogens with two attached hydrogens (primary N) is 1. The number of urea groups is 1. The second-order valence-corrected chi connectivity index (χ2v) is 10.3. The molecule has 5 rings (SSSR count). The van der Waals surface area contributed by atoms with Gasteiger partial charge in [0.15, 0.2) is 11.5 Å². The van der Waals surface area contributed by atoms with Crippen LogP contribution in [-0.2, 0) is 9.59 Å². The highest BCUT2D eigenvalue weighted by molar-refractivity contribution is 8.15. The number of hydrogen-bond acceptors (Lipinski definition) is 9. The second-order valence-electron chi connectivity index (χ2n) is 9.19. The number of nitrogens with one attached hydrogen (secondary N) is 1. The number of benzene rings is 1. The van der Waals surface area contributed by atoms with Crippen molar-refractivity contribution in [1.29, 1.82) is 0 Å². The average Bonchev–Trinajstić information content (AvgIpc) is 3.24. The van der Waals surface area contributed by atoms with Gasteiger partial charge >= 0.3 is 11.9 Å². The molecular formula is C24H28N8O4S. The topological polar surface area (TPSA) is 145 Å². The minimum absolute atomic E-state index is 0.00608. The Morgan fingerprint density at radius 1 is 1.11 bits per heavy atom. The van der Waals surface area contributed by atoms with Crippen LogP contribution in [-0.4, -0.2) is 94.3 Å². The van der Waals surface area contributed by atoms with Gasteiger partial charge in [0.2, 0.25) is 0 Å². The molecule has 4 heterocycles. The number of nitrogens with zero attached hydrogens (tertiary/aromatic N) is 6. The van der Waals surface area contributed by atoms with E-state index < -0.39 is 16.9 Å². The lowest BCUT2D eigenvalue weighted by Crippen LogP contribution is -2.49. The molecular weight excluding hydrogens is 496 g/mol. The molecule has 194 valence electrons. The maximum atomic E-state index is 12.5. The second kappa shape index (κ2) is 10.2. The van der Waals surface area contributed by atoms with Crippen molar-refractivity contribution in [1.82, 2.24) is 19.8 Å². The maximum Gasteiger partial charge on any atom is 0.320 e. The SMILES string of the molecule is CN1CCN([C@@H]2CCCN(c3cnc(C(N)=O)c(Nc4ccc(N5CCSC(=O)C5=O)cc4)n3)C2)C1=O. The fraction of sp³-hybridized carbons (Fsp3) is 0.417. The Hall–Kier alpha value is -3.87. The van der Waals surface area contributed by atoms with E-state index in [2.05, 4.69) is 20.2 Å². The molecule has 2 aromatic rings. The lowest BCUT2D eigenvalue weighted by atomic mass is 10.0. The van der Waals surface area contributed by atoms with E-state index in [1.54, 1.807) is 29.2 Å². The molecule has 1 atom stereocenters. The molecule has 3 saturated heterocycles. The van der Waals surface area contributed by atoms with Gasteiger partial charge in [0.1, 0.15) is 5.82 Å². The molecule has 3 N–H and O–H groups in total. The summed E-state index contributed by atoms with van der Waals surface area (Å²) in [6, 6.07) is 7.05. The van der Waals surface area contributed by atoms with Gasteiger partial charge in [-0.3, -0.25) is 14.4 Å². The summed E-state index contributed by atoms with van der Waals surface area (Å²) in [5, 5.41) is 2.65. The van der Waals surface area contributed by atoms with Crippen molar-refractivity contribution < 1.29 is 19.2 Å². The van der Waals surface area contributed by atoms with Crippen LogP contribution in [0.25, 0.3) is 0 Å². The van der Waals surface area contributed by atoms with Crippen LogP contribution < -0.4 is 20.9 Å². The summed E-state index contributed by atoms with van der Waals surface area (Å²) in [5.41, 5.74) is 6.79. The number of aromatic nitrogens is 2. The third-order valence-corrected chi connectivity index (χ3v) is 7.64. The van der Waals surface area contributed by atoms with Gasteiger partial charge in [-0.25, -0.2) is 14.8 Å². The normalized spacial score (nSPS) is 20.6. The van der Waals surface area contributed by atoms with Crippen molar-refractivity contribution in [3.63, 3.8) is 0 Å². The molecule has 3 fully saturated rings. The minimum atomic E-state index is -0.713. The lowest BCUT2D eigenvalue weighted by molar-refractivity contribution is -0.131. The van der Waals surface area contributed by atoms with Gasteiger partial charge in [-0.05, 0) is 37.1 Å².